The molecule has 0 radical (unpaired) electrons. The largest absolute Gasteiger partial charge is 0.465 e. The number of aromatic amines is 1. The molecule has 2 aromatic rings. The molecule has 5 heteroatoms. The van der Waals surface area contributed by atoms with Crippen LogP contribution in [-0.2, 0) is 4.74 Å². The second kappa shape index (κ2) is 4.70. The number of rotatable bonds is 1. The number of fused-ring (bicyclic) bond motifs is 2. The van der Waals surface area contributed by atoms with Crippen molar-refractivity contribution in [3.05, 3.63) is 57.5 Å². The van der Waals surface area contributed by atoms with E-state index in [1.165, 1.54) is 13.2 Å². The average Bonchev–Trinajstić information content (AvgIpc) is 2.64. The fourth-order valence-electron chi connectivity index (χ4n) is 1.99. The van der Waals surface area contributed by atoms with Crippen LogP contribution in [-0.4, -0.2) is 18.1 Å². The van der Waals surface area contributed by atoms with Crippen LogP contribution < -0.4 is 10.3 Å². The molecule has 1 aliphatic rings. The summed E-state index contributed by atoms with van der Waals surface area (Å²) < 4.78 is 10.4. The smallest absolute Gasteiger partial charge is 0.337 e. The monoisotopic (exact) mass is 269 g/mol. The zero-order chi connectivity index (χ0) is 14.1. The van der Waals surface area contributed by atoms with Crippen molar-refractivity contribution in [1.82, 2.24) is 4.98 Å². The van der Waals surface area contributed by atoms with Gasteiger partial charge in [0.25, 0.3) is 0 Å². The second-order valence-corrected chi connectivity index (χ2v) is 4.28. The summed E-state index contributed by atoms with van der Waals surface area (Å²) in [5.41, 5.74) is 1.62. The van der Waals surface area contributed by atoms with E-state index in [0.717, 1.165) is 5.56 Å². The van der Waals surface area contributed by atoms with E-state index in [1.807, 2.05) is 6.08 Å². The number of esters is 1. The number of carbonyl (C=O) groups is 1. The molecule has 5 nitrogen and oxygen atoms in total. The van der Waals surface area contributed by atoms with Crippen LogP contribution >= 0.6 is 0 Å². The van der Waals surface area contributed by atoms with Gasteiger partial charge in [0.05, 0.1) is 18.4 Å². The third-order valence-electron chi connectivity index (χ3n) is 2.99. The number of ether oxygens (including phenoxy) is 2. The number of H-pyrrole nitrogens is 1. The van der Waals surface area contributed by atoms with Gasteiger partial charge in [-0.05, 0) is 30.4 Å². The summed E-state index contributed by atoms with van der Waals surface area (Å²) in [6, 6.07) is 8.03. The fraction of sp³-hybridized carbons (Fsp3) is 0.0667. The first-order chi connectivity index (χ1) is 9.67. The maximum absolute atomic E-state index is 11.5. The summed E-state index contributed by atoms with van der Waals surface area (Å²) >= 11 is 0. The normalized spacial score (nSPS) is 11.8. The van der Waals surface area contributed by atoms with Crippen molar-refractivity contribution in [2.45, 2.75) is 0 Å². The standard InChI is InChI=1S/C15H11NO4/c1-19-15(18)10-3-2-9-4-5-11-12(20-13(9)8-10)6-7-14(17)16-11/h2-8H,1H3,(H,16,17). The van der Waals surface area contributed by atoms with E-state index in [-0.39, 0.29) is 5.56 Å². The Hall–Kier alpha value is -2.82. The van der Waals surface area contributed by atoms with Crippen molar-refractivity contribution in [2.75, 3.05) is 7.11 Å². The molecule has 1 aliphatic heterocycles. The Bertz CT molecular complexity index is 774. The summed E-state index contributed by atoms with van der Waals surface area (Å²) in [4.78, 5) is 25.5. The lowest BCUT2D eigenvalue weighted by atomic mass is 10.1. The highest BCUT2D eigenvalue weighted by Crippen LogP contribution is 2.33. The molecule has 0 spiro atoms. The zero-order valence-electron chi connectivity index (χ0n) is 10.7. The van der Waals surface area contributed by atoms with Crippen LogP contribution in [0.5, 0.6) is 11.5 Å². The van der Waals surface area contributed by atoms with Crippen LogP contribution in [0.3, 0.4) is 0 Å². The first kappa shape index (κ1) is 12.2. The number of hydrogen-bond donors (Lipinski definition) is 1. The molecule has 0 saturated carbocycles. The van der Waals surface area contributed by atoms with E-state index in [9.17, 15) is 9.59 Å². The van der Waals surface area contributed by atoms with Gasteiger partial charge in [-0.2, -0.15) is 0 Å². The zero-order valence-corrected chi connectivity index (χ0v) is 10.7. The number of benzene rings is 1. The van der Waals surface area contributed by atoms with Crippen LogP contribution in [0.1, 0.15) is 21.6 Å². The van der Waals surface area contributed by atoms with Crippen molar-refractivity contribution in [2.24, 2.45) is 0 Å². The molecule has 2 heterocycles. The molecule has 0 unspecified atom stereocenters. The quantitative estimate of drug-likeness (QED) is 0.689. The summed E-state index contributed by atoms with van der Waals surface area (Å²) in [6.45, 7) is 0. The van der Waals surface area contributed by atoms with E-state index < -0.39 is 5.97 Å². The molecule has 1 N–H and O–H groups in total. The molecule has 0 atom stereocenters. The lowest BCUT2D eigenvalue weighted by Crippen LogP contribution is -2.05. The Balaban J connectivity index is 2.09. The molecule has 1 aromatic carbocycles. The average molecular weight is 269 g/mol. The first-order valence-corrected chi connectivity index (χ1v) is 5.99. The Labute approximate surface area is 114 Å². The number of hydrogen-bond acceptors (Lipinski definition) is 4. The van der Waals surface area contributed by atoms with E-state index in [2.05, 4.69) is 9.72 Å². The van der Waals surface area contributed by atoms with Crippen molar-refractivity contribution in [3.63, 3.8) is 0 Å². The van der Waals surface area contributed by atoms with Crippen molar-refractivity contribution in [1.29, 1.82) is 0 Å². The number of methoxy groups -OCH3 is 1. The summed E-state index contributed by atoms with van der Waals surface area (Å²) in [5.74, 6) is 0.642. The van der Waals surface area contributed by atoms with Crippen LogP contribution in [0.15, 0.2) is 35.1 Å². The molecule has 100 valence electrons. The second-order valence-electron chi connectivity index (χ2n) is 4.28. The molecule has 0 amide bonds. The maximum atomic E-state index is 11.5. The summed E-state index contributed by atoms with van der Waals surface area (Å²) in [6.07, 6.45) is 3.58. The number of aromatic nitrogens is 1. The van der Waals surface area contributed by atoms with Gasteiger partial charge in [-0.15, -0.1) is 0 Å². The molecule has 0 aliphatic carbocycles. The minimum absolute atomic E-state index is 0.196. The highest BCUT2D eigenvalue weighted by Gasteiger charge is 2.14. The third kappa shape index (κ3) is 2.09. The van der Waals surface area contributed by atoms with E-state index >= 15 is 0 Å². The van der Waals surface area contributed by atoms with Crippen LogP contribution in [0.4, 0.5) is 0 Å². The number of nitrogens with one attached hydrogen (secondary N) is 1. The molecule has 0 bridgehead atoms. The Morgan fingerprint density at radius 1 is 1.15 bits per heavy atom. The molecule has 0 saturated heterocycles. The summed E-state index contributed by atoms with van der Waals surface area (Å²) in [7, 11) is 1.33. The summed E-state index contributed by atoms with van der Waals surface area (Å²) in [5, 5.41) is 0. The molecule has 1 aromatic heterocycles. The fourth-order valence-corrected chi connectivity index (χ4v) is 1.99. The van der Waals surface area contributed by atoms with Crippen LogP contribution in [0.25, 0.3) is 12.2 Å². The third-order valence-corrected chi connectivity index (χ3v) is 2.99. The van der Waals surface area contributed by atoms with Gasteiger partial charge in [0.2, 0.25) is 5.56 Å². The Morgan fingerprint density at radius 2 is 2.00 bits per heavy atom. The minimum Gasteiger partial charge on any atom is -0.465 e. The van der Waals surface area contributed by atoms with Crippen molar-refractivity contribution in [3.8, 4) is 11.5 Å². The molecule has 3 rings (SSSR count). The van der Waals surface area contributed by atoms with Gasteiger partial charge >= 0.3 is 5.97 Å². The van der Waals surface area contributed by atoms with Gasteiger partial charge in [-0.1, -0.05) is 6.07 Å². The van der Waals surface area contributed by atoms with Crippen molar-refractivity contribution < 1.29 is 14.3 Å². The maximum Gasteiger partial charge on any atom is 0.337 e. The minimum atomic E-state index is -0.425. The SMILES string of the molecule is COC(=O)c1ccc2c(c1)Oc1ccc(=O)[nH]c1C=C2. The van der Waals surface area contributed by atoms with Gasteiger partial charge in [0.1, 0.15) is 5.75 Å². The van der Waals surface area contributed by atoms with E-state index in [0.29, 0.717) is 22.8 Å². The number of carbonyl (C=O) groups excluding carboxylic acids is 1. The highest BCUT2D eigenvalue weighted by atomic mass is 16.5. The van der Waals surface area contributed by atoms with Gasteiger partial charge in [0.15, 0.2) is 5.75 Å². The van der Waals surface area contributed by atoms with Gasteiger partial charge < -0.3 is 14.5 Å². The Kier molecular flexibility index (Phi) is 2.87. The lowest BCUT2D eigenvalue weighted by molar-refractivity contribution is 0.0600. The van der Waals surface area contributed by atoms with Gasteiger partial charge in [-0.25, -0.2) is 4.79 Å². The van der Waals surface area contributed by atoms with E-state index in [4.69, 9.17) is 4.74 Å². The highest BCUT2D eigenvalue weighted by molar-refractivity contribution is 5.91. The predicted molar refractivity (Wildman–Crippen MR) is 73.8 cm³/mol. The topological polar surface area (TPSA) is 68.4 Å². The van der Waals surface area contributed by atoms with Crippen LogP contribution in [0, 0.1) is 0 Å². The molecule has 0 fully saturated rings. The Morgan fingerprint density at radius 3 is 2.80 bits per heavy atom. The van der Waals surface area contributed by atoms with Crippen LogP contribution in [0.2, 0.25) is 0 Å². The van der Waals surface area contributed by atoms with E-state index in [1.54, 1.807) is 30.3 Å². The first-order valence-electron chi connectivity index (χ1n) is 5.99. The lowest BCUT2D eigenvalue weighted by Gasteiger charge is -2.09. The van der Waals surface area contributed by atoms with Crippen molar-refractivity contribution >= 4 is 18.1 Å². The number of pyridine rings is 1. The predicted octanol–water partition coefficient (Wildman–Crippen LogP) is 2.44. The van der Waals surface area contributed by atoms with Gasteiger partial charge in [-0.3, -0.25) is 4.79 Å². The molecular formula is C15H11NO4. The van der Waals surface area contributed by atoms with Gasteiger partial charge in [0, 0.05) is 11.6 Å². The molecule has 20 heavy (non-hydrogen) atoms. The molecular weight excluding hydrogens is 258 g/mol.